The van der Waals surface area contributed by atoms with Crippen molar-refractivity contribution in [3.8, 4) is 0 Å². The van der Waals surface area contributed by atoms with Crippen LogP contribution in [0.25, 0.3) is 0 Å². The van der Waals surface area contributed by atoms with E-state index in [2.05, 4.69) is 29.0 Å². The van der Waals surface area contributed by atoms with Gasteiger partial charge < -0.3 is 10.2 Å². The molecule has 0 bridgehead atoms. The van der Waals surface area contributed by atoms with E-state index in [4.69, 9.17) is 0 Å². The molecular weight excluding hydrogens is 310 g/mol. The molecule has 3 rings (SSSR count). The van der Waals surface area contributed by atoms with Gasteiger partial charge in [-0.15, -0.1) is 12.4 Å². The van der Waals surface area contributed by atoms with Crippen molar-refractivity contribution in [1.82, 2.24) is 15.1 Å². The van der Waals surface area contributed by atoms with Gasteiger partial charge in [-0.3, -0.25) is 9.69 Å². The summed E-state index contributed by atoms with van der Waals surface area (Å²) in [6.07, 6.45) is 7.08. The molecular formula is C18H34ClN3O. The first kappa shape index (κ1) is 19.0. The lowest BCUT2D eigenvalue weighted by Crippen LogP contribution is -2.55. The quantitative estimate of drug-likeness (QED) is 0.852. The standard InChI is InChI=1S/C18H33N3O.ClH/c1-15(2)13-18(6-3-4-7-18)17(22)21-11-9-20(10-12-21)16-5-8-19-14-16;/h15-16,19H,3-14H2,1-2H3;1H. The fraction of sp³-hybridized carbons (Fsp3) is 0.944. The van der Waals surface area contributed by atoms with Crippen LogP contribution in [0.5, 0.6) is 0 Å². The second-order valence-electron chi connectivity index (χ2n) is 8.06. The van der Waals surface area contributed by atoms with E-state index >= 15 is 0 Å². The summed E-state index contributed by atoms with van der Waals surface area (Å²) in [5.41, 5.74) is -0.0226. The fourth-order valence-electron chi connectivity index (χ4n) is 4.92. The zero-order valence-corrected chi connectivity index (χ0v) is 15.7. The maximum Gasteiger partial charge on any atom is 0.228 e. The van der Waals surface area contributed by atoms with E-state index < -0.39 is 0 Å². The zero-order chi connectivity index (χ0) is 15.6. The predicted octanol–water partition coefficient (Wildman–Crippen LogP) is 2.52. The Kier molecular flexibility index (Phi) is 6.76. The second kappa shape index (κ2) is 8.17. The first-order chi connectivity index (χ1) is 10.6. The zero-order valence-electron chi connectivity index (χ0n) is 14.9. The van der Waals surface area contributed by atoms with Gasteiger partial charge in [0, 0.05) is 44.2 Å². The van der Waals surface area contributed by atoms with Gasteiger partial charge in [0.15, 0.2) is 0 Å². The van der Waals surface area contributed by atoms with E-state index in [0.29, 0.717) is 17.9 Å². The third kappa shape index (κ3) is 4.21. The van der Waals surface area contributed by atoms with Crippen LogP contribution in [-0.4, -0.2) is 61.0 Å². The van der Waals surface area contributed by atoms with Gasteiger partial charge in [-0.2, -0.15) is 0 Å². The number of nitrogens with one attached hydrogen (secondary N) is 1. The maximum absolute atomic E-state index is 13.2. The molecule has 0 aromatic carbocycles. The van der Waals surface area contributed by atoms with Crippen LogP contribution in [0, 0.1) is 11.3 Å². The first-order valence-electron chi connectivity index (χ1n) is 9.35. The van der Waals surface area contributed by atoms with Gasteiger partial charge in [0.25, 0.3) is 0 Å². The largest absolute Gasteiger partial charge is 0.340 e. The molecule has 3 aliphatic rings. The van der Waals surface area contributed by atoms with Crippen LogP contribution >= 0.6 is 12.4 Å². The Hall–Kier alpha value is -0.320. The minimum absolute atomic E-state index is 0. The Morgan fingerprint density at radius 2 is 1.83 bits per heavy atom. The summed E-state index contributed by atoms with van der Waals surface area (Å²) < 4.78 is 0. The highest BCUT2D eigenvalue weighted by Crippen LogP contribution is 2.44. The summed E-state index contributed by atoms with van der Waals surface area (Å²) in [5.74, 6) is 1.09. The number of hydrogen-bond acceptors (Lipinski definition) is 3. The van der Waals surface area contributed by atoms with E-state index in [1.54, 1.807) is 0 Å². The SMILES string of the molecule is CC(C)CC1(C(=O)N2CCN(C3CCNC3)CC2)CCCC1.Cl. The van der Waals surface area contributed by atoms with Crippen molar-refractivity contribution in [3.63, 3.8) is 0 Å². The van der Waals surface area contributed by atoms with Crippen LogP contribution in [0.1, 0.15) is 52.4 Å². The molecule has 0 aromatic rings. The summed E-state index contributed by atoms with van der Waals surface area (Å²) in [5, 5.41) is 3.45. The number of nitrogens with zero attached hydrogens (tertiary/aromatic N) is 2. The number of rotatable bonds is 4. The smallest absolute Gasteiger partial charge is 0.228 e. The number of carbonyl (C=O) groups is 1. The normalized spacial score (nSPS) is 28.1. The molecule has 3 fully saturated rings. The molecule has 4 nitrogen and oxygen atoms in total. The summed E-state index contributed by atoms with van der Waals surface area (Å²) in [4.78, 5) is 18.0. The average molecular weight is 344 g/mol. The molecule has 1 unspecified atom stereocenters. The monoisotopic (exact) mass is 343 g/mol. The van der Waals surface area contributed by atoms with Crippen LogP contribution in [-0.2, 0) is 4.79 Å². The average Bonchev–Trinajstić information content (AvgIpc) is 3.18. The number of halogens is 1. The van der Waals surface area contributed by atoms with E-state index in [1.807, 2.05) is 0 Å². The van der Waals surface area contributed by atoms with Crippen molar-refractivity contribution in [1.29, 1.82) is 0 Å². The molecule has 23 heavy (non-hydrogen) atoms. The lowest BCUT2D eigenvalue weighted by Gasteiger charge is -2.42. The molecule has 0 aromatic heterocycles. The van der Waals surface area contributed by atoms with Gasteiger partial charge in [-0.05, 0) is 38.1 Å². The van der Waals surface area contributed by atoms with Crippen molar-refractivity contribution in [2.45, 2.75) is 58.4 Å². The summed E-state index contributed by atoms with van der Waals surface area (Å²) in [6, 6.07) is 0.702. The maximum atomic E-state index is 13.2. The number of amides is 1. The van der Waals surface area contributed by atoms with Crippen LogP contribution in [0.4, 0.5) is 0 Å². The third-order valence-electron chi connectivity index (χ3n) is 5.97. The lowest BCUT2D eigenvalue weighted by molar-refractivity contribution is -0.145. The molecule has 0 spiro atoms. The number of carbonyl (C=O) groups excluding carboxylic acids is 1. The van der Waals surface area contributed by atoms with Crippen LogP contribution in [0.15, 0.2) is 0 Å². The lowest BCUT2D eigenvalue weighted by atomic mass is 9.77. The van der Waals surface area contributed by atoms with E-state index in [-0.39, 0.29) is 17.8 Å². The molecule has 1 N–H and O–H groups in total. The van der Waals surface area contributed by atoms with Gasteiger partial charge in [0.2, 0.25) is 5.91 Å². The fourth-order valence-corrected chi connectivity index (χ4v) is 4.92. The Labute approximate surface area is 147 Å². The van der Waals surface area contributed by atoms with E-state index in [1.165, 1.54) is 19.3 Å². The van der Waals surface area contributed by atoms with Crippen LogP contribution in [0.2, 0.25) is 0 Å². The molecule has 2 saturated heterocycles. The summed E-state index contributed by atoms with van der Waals surface area (Å²) >= 11 is 0. The summed E-state index contributed by atoms with van der Waals surface area (Å²) in [7, 11) is 0. The van der Waals surface area contributed by atoms with Gasteiger partial charge >= 0.3 is 0 Å². The van der Waals surface area contributed by atoms with Gasteiger partial charge in [0.05, 0.1) is 0 Å². The van der Waals surface area contributed by atoms with E-state index in [9.17, 15) is 4.79 Å². The van der Waals surface area contributed by atoms with Crippen LogP contribution < -0.4 is 5.32 Å². The van der Waals surface area contributed by atoms with Gasteiger partial charge in [0.1, 0.15) is 0 Å². The molecule has 5 heteroatoms. The van der Waals surface area contributed by atoms with Crippen molar-refractivity contribution >= 4 is 18.3 Å². The highest BCUT2D eigenvalue weighted by atomic mass is 35.5. The third-order valence-corrected chi connectivity index (χ3v) is 5.97. The second-order valence-corrected chi connectivity index (χ2v) is 8.06. The highest BCUT2D eigenvalue weighted by Gasteiger charge is 2.44. The van der Waals surface area contributed by atoms with Crippen molar-refractivity contribution in [2.24, 2.45) is 11.3 Å². The van der Waals surface area contributed by atoms with Gasteiger partial charge in [-0.25, -0.2) is 0 Å². The number of piperazine rings is 1. The molecule has 134 valence electrons. The molecule has 2 aliphatic heterocycles. The van der Waals surface area contributed by atoms with Gasteiger partial charge in [-0.1, -0.05) is 26.7 Å². The van der Waals surface area contributed by atoms with Crippen LogP contribution in [0.3, 0.4) is 0 Å². The molecule has 1 saturated carbocycles. The molecule has 2 heterocycles. The minimum atomic E-state index is -0.0226. The number of hydrogen-bond donors (Lipinski definition) is 1. The Balaban J connectivity index is 0.00000192. The topological polar surface area (TPSA) is 35.6 Å². The van der Waals surface area contributed by atoms with Crippen molar-refractivity contribution < 1.29 is 4.79 Å². The van der Waals surface area contributed by atoms with Crippen molar-refractivity contribution in [2.75, 3.05) is 39.3 Å². The Bertz CT molecular complexity index is 382. The molecule has 0 radical (unpaired) electrons. The predicted molar refractivity (Wildman–Crippen MR) is 97.0 cm³/mol. The molecule has 1 aliphatic carbocycles. The summed E-state index contributed by atoms with van der Waals surface area (Å²) in [6.45, 7) is 10.8. The van der Waals surface area contributed by atoms with Crippen molar-refractivity contribution in [3.05, 3.63) is 0 Å². The molecule has 1 atom stereocenters. The van der Waals surface area contributed by atoms with E-state index in [0.717, 1.165) is 58.5 Å². The molecule has 1 amide bonds. The first-order valence-corrected chi connectivity index (χ1v) is 9.35. The highest BCUT2D eigenvalue weighted by molar-refractivity contribution is 5.85. The Morgan fingerprint density at radius 3 is 2.35 bits per heavy atom. The minimum Gasteiger partial charge on any atom is -0.340 e. The Morgan fingerprint density at radius 1 is 1.17 bits per heavy atom.